The molecule has 34 heavy (non-hydrogen) atoms. The van der Waals surface area contributed by atoms with Crippen LogP contribution in [0.4, 0.5) is 0 Å². The van der Waals surface area contributed by atoms with Crippen LogP contribution in [0.5, 0.6) is 5.75 Å². The second-order valence-corrected chi connectivity index (χ2v) is 9.81. The van der Waals surface area contributed by atoms with Gasteiger partial charge in [-0.25, -0.2) is 0 Å². The van der Waals surface area contributed by atoms with Crippen molar-refractivity contribution in [2.24, 2.45) is 0 Å². The first kappa shape index (κ1) is 30.3. The number of allylic oxidation sites excluding steroid dienone is 1. The van der Waals surface area contributed by atoms with Crippen LogP contribution in [0.15, 0.2) is 36.6 Å². The highest BCUT2D eigenvalue weighted by atomic mass is 16.5. The summed E-state index contributed by atoms with van der Waals surface area (Å²) >= 11 is 0. The monoisotopic (exact) mass is 472 g/mol. The van der Waals surface area contributed by atoms with E-state index in [2.05, 4.69) is 13.0 Å². The average molecular weight is 473 g/mol. The first-order valence-electron chi connectivity index (χ1n) is 14.4. The van der Waals surface area contributed by atoms with Crippen molar-refractivity contribution in [1.82, 2.24) is 0 Å². The average Bonchev–Trinajstić information content (AvgIpc) is 2.86. The maximum atomic E-state index is 10.4. The van der Waals surface area contributed by atoms with Crippen molar-refractivity contribution >= 4 is 5.97 Å². The van der Waals surface area contributed by atoms with Crippen LogP contribution >= 0.6 is 0 Å². The van der Waals surface area contributed by atoms with Gasteiger partial charge in [0.25, 0.3) is 0 Å². The van der Waals surface area contributed by atoms with Crippen molar-refractivity contribution in [2.75, 3.05) is 0 Å². The van der Waals surface area contributed by atoms with Gasteiger partial charge in [-0.3, -0.25) is 4.79 Å². The lowest BCUT2D eigenvalue weighted by Gasteiger charge is -2.09. The van der Waals surface area contributed by atoms with Crippen LogP contribution < -0.4 is 4.74 Å². The Morgan fingerprint density at radius 3 is 1.59 bits per heavy atom. The quantitative estimate of drug-likeness (QED) is 0.192. The second-order valence-electron chi connectivity index (χ2n) is 9.81. The normalized spacial score (nSPS) is 11.9. The molecule has 1 aromatic carbocycles. The number of rotatable bonds is 20. The predicted molar refractivity (Wildman–Crippen MR) is 146 cm³/mol. The molecule has 0 aromatic heterocycles. The Labute approximate surface area is 210 Å². The molecule has 0 aliphatic carbocycles. The fraction of sp³-hybridized carbons (Fsp3) is 0.710. The van der Waals surface area contributed by atoms with E-state index in [4.69, 9.17) is 9.84 Å². The number of ether oxygens (including phenoxy) is 1. The van der Waals surface area contributed by atoms with Gasteiger partial charge in [-0.05, 0) is 30.5 Å². The third-order valence-electron chi connectivity index (χ3n) is 6.60. The van der Waals surface area contributed by atoms with Crippen LogP contribution in [0.2, 0.25) is 0 Å². The predicted octanol–water partition coefficient (Wildman–Crippen LogP) is 10.0. The zero-order chi connectivity index (χ0) is 24.5. The summed E-state index contributed by atoms with van der Waals surface area (Å²) in [5.41, 5.74) is 1.27. The molecule has 0 radical (unpaired) electrons. The summed E-state index contributed by atoms with van der Waals surface area (Å²) in [5.74, 6) is 0.340. The smallest absolute Gasteiger partial charge is 0.303 e. The molecule has 3 heteroatoms. The van der Waals surface area contributed by atoms with E-state index in [-0.39, 0.29) is 0 Å². The minimum Gasteiger partial charge on any atom is -0.481 e. The molecule has 0 amide bonds. The summed E-state index contributed by atoms with van der Waals surface area (Å²) in [6, 6.07) is 8.08. The van der Waals surface area contributed by atoms with Gasteiger partial charge in [-0.15, -0.1) is 0 Å². The zero-order valence-electron chi connectivity index (χ0n) is 22.1. The fourth-order valence-electron chi connectivity index (χ4n) is 4.44. The van der Waals surface area contributed by atoms with Gasteiger partial charge in [0.1, 0.15) is 5.75 Å². The van der Waals surface area contributed by atoms with Crippen molar-refractivity contribution in [3.63, 3.8) is 0 Å². The number of carbonyl (C=O) groups is 1. The van der Waals surface area contributed by atoms with Gasteiger partial charge < -0.3 is 9.84 Å². The second kappa shape index (κ2) is 23.0. The maximum absolute atomic E-state index is 10.4. The Kier molecular flexibility index (Phi) is 20.5. The van der Waals surface area contributed by atoms with E-state index < -0.39 is 5.97 Å². The number of hydrogen-bond acceptors (Lipinski definition) is 2. The topological polar surface area (TPSA) is 46.5 Å². The van der Waals surface area contributed by atoms with Gasteiger partial charge in [0.2, 0.25) is 0 Å². The summed E-state index contributed by atoms with van der Waals surface area (Å²) < 4.78 is 5.24. The molecule has 2 rings (SSSR count). The van der Waals surface area contributed by atoms with Gasteiger partial charge in [-0.2, -0.15) is 0 Å². The zero-order valence-corrected chi connectivity index (χ0v) is 22.1. The first-order valence-corrected chi connectivity index (χ1v) is 14.4. The van der Waals surface area contributed by atoms with E-state index in [1.54, 1.807) is 6.26 Å². The molecule has 0 spiro atoms. The first-order chi connectivity index (χ1) is 16.7. The van der Waals surface area contributed by atoms with Crippen LogP contribution in [-0.2, 0) is 11.2 Å². The summed E-state index contributed by atoms with van der Waals surface area (Å²) in [7, 11) is 0. The lowest BCUT2D eigenvalue weighted by Crippen LogP contribution is -1.94. The van der Waals surface area contributed by atoms with Gasteiger partial charge in [0.15, 0.2) is 0 Å². The molecule has 0 unspecified atom stereocenters. The van der Waals surface area contributed by atoms with Crippen molar-refractivity contribution in [1.29, 1.82) is 0 Å². The Morgan fingerprint density at radius 1 is 0.706 bits per heavy atom. The number of para-hydroxylation sites is 1. The number of aliphatic carboxylic acids is 1. The molecule has 0 saturated carbocycles. The lowest BCUT2D eigenvalue weighted by molar-refractivity contribution is -0.137. The Bertz CT molecular complexity index is 596. The highest BCUT2D eigenvalue weighted by Gasteiger charge is 2.02. The number of hydrogen-bond donors (Lipinski definition) is 1. The molecule has 1 aromatic rings. The van der Waals surface area contributed by atoms with Crippen LogP contribution in [-0.4, -0.2) is 11.1 Å². The number of carboxylic acid groups (broad SMARTS) is 1. The molecule has 0 atom stereocenters. The minimum atomic E-state index is -0.651. The fourth-order valence-corrected chi connectivity index (χ4v) is 4.44. The maximum Gasteiger partial charge on any atom is 0.303 e. The molecular weight excluding hydrogens is 420 g/mol. The van der Waals surface area contributed by atoms with E-state index in [9.17, 15) is 4.79 Å². The third kappa shape index (κ3) is 18.6. The molecule has 194 valence electrons. The molecule has 0 fully saturated rings. The molecule has 1 heterocycles. The molecule has 1 aliphatic rings. The van der Waals surface area contributed by atoms with Gasteiger partial charge in [0, 0.05) is 6.42 Å². The van der Waals surface area contributed by atoms with E-state index in [0.717, 1.165) is 25.0 Å². The molecule has 3 nitrogen and oxygen atoms in total. The van der Waals surface area contributed by atoms with Crippen LogP contribution in [0.25, 0.3) is 0 Å². The highest BCUT2D eigenvalue weighted by molar-refractivity contribution is 5.66. The molecule has 1 aliphatic heterocycles. The van der Waals surface area contributed by atoms with Crippen molar-refractivity contribution in [3.8, 4) is 5.75 Å². The van der Waals surface area contributed by atoms with Crippen molar-refractivity contribution in [2.45, 2.75) is 142 Å². The van der Waals surface area contributed by atoms with Gasteiger partial charge >= 0.3 is 5.97 Å². The van der Waals surface area contributed by atoms with Crippen LogP contribution in [0, 0.1) is 0 Å². The number of carboxylic acids is 1. The molecule has 1 N–H and O–H groups in total. The summed E-state index contributed by atoms with van der Waals surface area (Å²) in [6.07, 6.45) is 30.8. The van der Waals surface area contributed by atoms with Crippen molar-refractivity contribution < 1.29 is 14.6 Å². The lowest BCUT2D eigenvalue weighted by atomic mass is 10.0. The summed E-state index contributed by atoms with van der Waals surface area (Å²) in [6.45, 7) is 2.28. The van der Waals surface area contributed by atoms with Gasteiger partial charge in [-0.1, -0.05) is 141 Å². The highest BCUT2D eigenvalue weighted by Crippen LogP contribution is 2.21. The van der Waals surface area contributed by atoms with E-state index in [1.165, 1.54) is 115 Å². The Morgan fingerprint density at radius 2 is 1.15 bits per heavy atom. The number of unbranched alkanes of at least 4 members (excludes halogenated alkanes) is 18. The largest absolute Gasteiger partial charge is 0.481 e. The van der Waals surface area contributed by atoms with E-state index in [0.29, 0.717) is 6.42 Å². The third-order valence-corrected chi connectivity index (χ3v) is 6.60. The molecule has 0 saturated heterocycles. The molecular formula is C31H52O3. The van der Waals surface area contributed by atoms with Gasteiger partial charge in [0.05, 0.1) is 6.26 Å². The Balaban J connectivity index is 0.000000469. The number of benzene rings is 1. The van der Waals surface area contributed by atoms with Crippen LogP contribution in [0.1, 0.15) is 141 Å². The van der Waals surface area contributed by atoms with E-state index >= 15 is 0 Å². The summed E-state index contributed by atoms with van der Waals surface area (Å²) in [4.78, 5) is 10.4. The standard InChI is InChI=1S/C22H44O2.C9H8O/c1-2-3-4-5-6-7-8-9-10-11-12-13-14-15-16-17-18-19-20-21-22(23)24;1-2-6-9-8(4-1)5-3-7-10-9/h2-21H2,1H3,(H,23,24);1-4,6-7H,5H2. The SMILES string of the molecule is C1=COc2ccccc2C1.CCCCCCCCCCCCCCCCCCCCCC(=O)O. The minimum absolute atomic E-state index is 0.346. The Hall–Kier alpha value is -1.77. The van der Waals surface area contributed by atoms with E-state index in [1.807, 2.05) is 24.3 Å². The molecule has 0 bridgehead atoms. The van der Waals surface area contributed by atoms with Crippen molar-refractivity contribution in [3.05, 3.63) is 42.2 Å². The van der Waals surface area contributed by atoms with Crippen LogP contribution in [0.3, 0.4) is 0 Å². The number of fused-ring (bicyclic) bond motifs is 1. The summed E-state index contributed by atoms with van der Waals surface area (Å²) in [5, 5.41) is 8.56.